The Balaban J connectivity index is 1.09. The number of rotatable bonds is 5. The van der Waals surface area contributed by atoms with Gasteiger partial charge in [-0.15, -0.1) is 0 Å². The van der Waals surface area contributed by atoms with Crippen LogP contribution in [0.25, 0.3) is 0 Å². The molecule has 2 aliphatic carbocycles. The number of fused-ring (bicyclic) bond motifs is 3. The van der Waals surface area contributed by atoms with Crippen LogP contribution in [0.15, 0.2) is 24.4 Å². The number of benzene rings is 1. The number of carbonyl (C=O) groups excluding carboxylic acids is 2. The molecule has 2 bridgehead atoms. The van der Waals surface area contributed by atoms with Crippen molar-refractivity contribution in [2.75, 3.05) is 35.8 Å². The molecule has 2 N–H and O–H groups in total. The number of carbonyl (C=O) groups is 2. The molecule has 1 unspecified atom stereocenters. The van der Waals surface area contributed by atoms with Crippen LogP contribution in [0, 0.1) is 11.2 Å². The van der Waals surface area contributed by atoms with Crippen molar-refractivity contribution >= 4 is 35.0 Å². The molecule has 1 spiro atoms. The maximum Gasteiger partial charge on any atom is 0.251 e. The van der Waals surface area contributed by atoms with Crippen LogP contribution >= 0.6 is 0 Å². The maximum absolute atomic E-state index is 15.3. The Labute approximate surface area is 247 Å². The van der Waals surface area contributed by atoms with Gasteiger partial charge in [0, 0.05) is 43.3 Å². The molecule has 42 heavy (non-hydrogen) atoms. The monoisotopic (exact) mass is 575 g/mol. The van der Waals surface area contributed by atoms with Crippen molar-refractivity contribution in [3.63, 3.8) is 0 Å². The molecule has 2 amide bonds. The highest BCUT2D eigenvalue weighted by atomic mass is 19.1. The van der Waals surface area contributed by atoms with Crippen molar-refractivity contribution < 1.29 is 14.0 Å². The van der Waals surface area contributed by atoms with Gasteiger partial charge < -0.3 is 25.3 Å². The van der Waals surface area contributed by atoms with Gasteiger partial charge in [-0.05, 0) is 76.6 Å². The molecule has 2 saturated heterocycles. The molecule has 2 aromatic rings. The third kappa shape index (κ3) is 5.01. The number of nitrogens with zero attached hydrogens (tertiary/aromatic N) is 5. The van der Waals surface area contributed by atoms with Gasteiger partial charge in [-0.3, -0.25) is 9.59 Å². The molecule has 5 aliphatic rings. The number of piperidine rings is 2. The Morgan fingerprint density at radius 1 is 1.00 bits per heavy atom. The molecular formula is C32H42FN7O2. The zero-order valence-electron chi connectivity index (χ0n) is 24.7. The third-order valence-corrected chi connectivity index (χ3v) is 10.6. The molecule has 7 rings (SSSR count). The van der Waals surface area contributed by atoms with E-state index in [2.05, 4.69) is 32.5 Å². The number of halogens is 1. The number of hydrogen-bond donors (Lipinski definition) is 2. The predicted octanol–water partition coefficient (Wildman–Crippen LogP) is 5.00. The van der Waals surface area contributed by atoms with E-state index in [1.54, 1.807) is 23.2 Å². The van der Waals surface area contributed by atoms with E-state index in [-0.39, 0.29) is 34.9 Å². The summed E-state index contributed by atoms with van der Waals surface area (Å²) < 4.78 is 15.3. The lowest BCUT2D eigenvalue weighted by Gasteiger charge is -2.47. The van der Waals surface area contributed by atoms with Gasteiger partial charge >= 0.3 is 0 Å². The van der Waals surface area contributed by atoms with E-state index in [0.29, 0.717) is 35.9 Å². The van der Waals surface area contributed by atoms with Crippen LogP contribution in [0.3, 0.4) is 0 Å². The topological polar surface area (TPSA) is 93.7 Å². The summed E-state index contributed by atoms with van der Waals surface area (Å²) in [6.07, 6.45) is 14.7. The van der Waals surface area contributed by atoms with Gasteiger partial charge in [0.1, 0.15) is 11.5 Å². The number of hydrogen-bond acceptors (Lipinski definition) is 7. The maximum atomic E-state index is 15.3. The second-order valence-electron chi connectivity index (χ2n) is 13.3. The van der Waals surface area contributed by atoms with E-state index in [4.69, 9.17) is 4.98 Å². The largest absolute Gasteiger partial charge is 0.351 e. The molecule has 3 atom stereocenters. The van der Waals surface area contributed by atoms with E-state index in [1.807, 2.05) is 7.05 Å². The van der Waals surface area contributed by atoms with Crippen LogP contribution in [-0.4, -0.2) is 71.5 Å². The Kier molecular flexibility index (Phi) is 7.07. The summed E-state index contributed by atoms with van der Waals surface area (Å²) in [7, 11) is 4.00. The van der Waals surface area contributed by atoms with Gasteiger partial charge in [-0.1, -0.05) is 25.7 Å². The fraction of sp³-hybridized carbons (Fsp3) is 0.625. The average Bonchev–Trinajstić information content (AvgIpc) is 3.78. The number of anilines is 4. The minimum absolute atomic E-state index is 0.116. The van der Waals surface area contributed by atoms with Crippen LogP contribution < -0.4 is 20.4 Å². The highest BCUT2D eigenvalue weighted by Crippen LogP contribution is 2.52. The Morgan fingerprint density at radius 3 is 2.40 bits per heavy atom. The van der Waals surface area contributed by atoms with Crippen molar-refractivity contribution in [3.8, 4) is 0 Å². The first-order valence-corrected chi connectivity index (χ1v) is 15.8. The van der Waals surface area contributed by atoms with Crippen molar-refractivity contribution in [1.82, 2.24) is 20.2 Å². The lowest BCUT2D eigenvalue weighted by Crippen LogP contribution is -2.55. The van der Waals surface area contributed by atoms with Crippen LogP contribution in [0.2, 0.25) is 0 Å². The zero-order valence-corrected chi connectivity index (χ0v) is 24.7. The first-order valence-electron chi connectivity index (χ1n) is 15.8. The summed E-state index contributed by atoms with van der Waals surface area (Å²) in [5, 5.41) is 6.20. The van der Waals surface area contributed by atoms with E-state index in [0.717, 1.165) is 44.3 Å². The molecule has 1 aromatic carbocycles. The molecule has 10 heteroatoms. The standard InChI is InChI=1S/C32H42FN7O2/c1-38-23-9-6-10-24(38)17-21(16-23)35-29(41)20-11-12-26(25(33)15-20)36-31-34-18-27-28(37-31)40(22-7-4-3-5-8-22)19-32(13-14-32)30(42)39(27)2/h11-12,15,18,21-24H,3-10,13-14,16-17,19H2,1-2H3,(H,35,41)(H,34,36,37)/t21?,23-,24+. The van der Waals surface area contributed by atoms with Gasteiger partial charge in [0.15, 0.2) is 5.82 Å². The molecule has 0 radical (unpaired) electrons. The molecule has 224 valence electrons. The first kappa shape index (κ1) is 27.6. The Bertz CT molecular complexity index is 1360. The van der Waals surface area contributed by atoms with Crippen LogP contribution in [0.5, 0.6) is 0 Å². The minimum Gasteiger partial charge on any atom is -0.351 e. The van der Waals surface area contributed by atoms with Crippen molar-refractivity contribution in [1.29, 1.82) is 0 Å². The summed E-state index contributed by atoms with van der Waals surface area (Å²) in [5.74, 6) is 0.373. The smallest absolute Gasteiger partial charge is 0.251 e. The lowest BCUT2D eigenvalue weighted by molar-refractivity contribution is -0.123. The van der Waals surface area contributed by atoms with Crippen molar-refractivity contribution in [3.05, 3.63) is 35.8 Å². The summed E-state index contributed by atoms with van der Waals surface area (Å²) in [6, 6.07) is 5.98. The lowest BCUT2D eigenvalue weighted by atomic mass is 9.82. The highest BCUT2D eigenvalue weighted by molar-refractivity contribution is 6.02. The average molecular weight is 576 g/mol. The van der Waals surface area contributed by atoms with Crippen molar-refractivity contribution in [2.24, 2.45) is 5.41 Å². The van der Waals surface area contributed by atoms with Gasteiger partial charge in [-0.25, -0.2) is 9.37 Å². The fourth-order valence-electron chi connectivity index (χ4n) is 7.91. The van der Waals surface area contributed by atoms with E-state index < -0.39 is 5.82 Å². The molecule has 4 fully saturated rings. The summed E-state index contributed by atoms with van der Waals surface area (Å²) >= 11 is 0. The second kappa shape index (κ2) is 10.8. The van der Waals surface area contributed by atoms with E-state index >= 15 is 4.39 Å². The van der Waals surface area contributed by atoms with Gasteiger partial charge in [0.2, 0.25) is 11.9 Å². The van der Waals surface area contributed by atoms with E-state index in [1.165, 1.54) is 44.6 Å². The SMILES string of the molecule is CN1C(=O)C2(CC2)CN(C2CCCCC2)c2nc(Nc3ccc(C(=O)NC4C[C@H]5CCC[C@@H](C4)N5C)cc3F)ncc21. The van der Waals surface area contributed by atoms with Gasteiger partial charge in [0.05, 0.1) is 17.3 Å². The number of nitrogens with one attached hydrogen (secondary N) is 2. The number of amides is 2. The number of aromatic nitrogens is 2. The normalized spacial score (nSPS) is 27.4. The van der Waals surface area contributed by atoms with Gasteiger partial charge in [-0.2, -0.15) is 4.98 Å². The second-order valence-corrected chi connectivity index (χ2v) is 13.3. The molecule has 9 nitrogen and oxygen atoms in total. The Hall–Kier alpha value is -3.27. The molecule has 2 saturated carbocycles. The minimum atomic E-state index is -0.533. The predicted molar refractivity (Wildman–Crippen MR) is 161 cm³/mol. The zero-order chi connectivity index (χ0) is 29.0. The van der Waals surface area contributed by atoms with Gasteiger partial charge in [0.25, 0.3) is 5.91 Å². The summed E-state index contributed by atoms with van der Waals surface area (Å²) in [5.41, 5.74) is 0.880. The van der Waals surface area contributed by atoms with Crippen LogP contribution in [0.4, 0.5) is 27.5 Å². The van der Waals surface area contributed by atoms with E-state index in [9.17, 15) is 9.59 Å². The third-order valence-electron chi connectivity index (χ3n) is 10.6. The van der Waals surface area contributed by atoms with Crippen LogP contribution in [0.1, 0.15) is 87.4 Å². The molecule has 4 heterocycles. The summed E-state index contributed by atoms with van der Waals surface area (Å²) in [6.45, 7) is 0.668. The molecular weight excluding hydrogens is 533 g/mol. The molecule has 3 aliphatic heterocycles. The highest BCUT2D eigenvalue weighted by Gasteiger charge is 2.55. The fourth-order valence-corrected chi connectivity index (χ4v) is 7.91. The Morgan fingerprint density at radius 2 is 1.71 bits per heavy atom. The first-order chi connectivity index (χ1) is 20.3. The summed E-state index contributed by atoms with van der Waals surface area (Å²) in [4.78, 5) is 42.3. The van der Waals surface area contributed by atoms with Crippen molar-refractivity contribution in [2.45, 2.75) is 101 Å². The quantitative estimate of drug-likeness (QED) is 0.518. The molecule has 1 aromatic heterocycles. The van der Waals surface area contributed by atoms with Crippen LogP contribution in [-0.2, 0) is 4.79 Å².